The monoisotopic (exact) mass is 318 g/mol. The number of H-pyrrole nitrogens is 1. The number of rotatable bonds is 4. The molecule has 3 aromatic rings. The fourth-order valence-corrected chi connectivity index (χ4v) is 2.71. The zero-order valence-corrected chi connectivity index (χ0v) is 13.1. The molecule has 1 aromatic heterocycles. The average molecular weight is 318 g/mol. The van der Waals surface area contributed by atoms with E-state index in [0.717, 1.165) is 22.9 Å². The predicted molar refractivity (Wildman–Crippen MR) is 92.0 cm³/mol. The van der Waals surface area contributed by atoms with Crippen molar-refractivity contribution in [1.82, 2.24) is 4.98 Å². The molecular weight excluding hydrogens is 303 g/mol. The van der Waals surface area contributed by atoms with Crippen LogP contribution in [0, 0.1) is 17.1 Å². The third-order valence-electron chi connectivity index (χ3n) is 3.99. The van der Waals surface area contributed by atoms with Gasteiger partial charge in [0.05, 0.1) is 0 Å². The van der Waals surface area contributed by atoms with E-state index in [1.54, 1.807) is 12.3 Å². The van der Waals surface area contributed by atoms with E-state index in [-0.39, 0.29) is 5.57 Å². The third-order valence-corrected chi connectivity index (χ3v) is 3.99. The molecule has 0 aliphatic rings. The van der Waals surface area contributed by atoms with Crippen LogP contribution in [0.5, 0.6) is 0 Å². The largest absolute Gasteiger partial charge is 0.360 e. The number of nitrogens with zero attached hydrogens (tertiary/aromatic N) is 1. The Hall–Kier alpha value is -3.19. The Morgan fingerprint density at radius 1 is 1.25 bits per heavy atom. The molecule has 0 spiro atoms. The lowest BCUT2D eigenvalue weighted by Crippen LogP contribution is -2.01. The molecule has 1 N–H and O–H groups in total. The normalized spacial score (nSPS) is 11.5. The molecule has 0 atom stereocenters. The molecule has 3 rings (SSSR count). The summed E-state index contributed by atoms with van der Waals surface area (Å²) in [4.78, 5) is 15.7. The molecule has 0 aliphatic heterocycles. The Morgan fingerprint density at radius 2 is 2.00 bits per heavy atom. The number of aromatic amines is 1. The van der Waals surface area contributed by atoms with E-state index in [9.17, 15) is 14.4 Å². The first kappa shape index (κ1) is 15.7. The lowest BCUT2D eigenvalue weighted by Gasteiger charge is -2.01. The van der Waals surface area contributed by atoms with Gasteiger partial charge in [-0.05, 0) is 42.3 Å². The number of hydrogen-bond donors (Lipinski definition) is 1. The summed E-state index contributed by atoms with van der Waals surface area (Å²) in [6.07, 6.45) is 4.25. The topological polar surface area (TPSA) is 56.6 Å². The number of carbonyl (C=O) groups excluding carboxylic acids is 1. The number of ketones is 1. The van der Waals surface area contributed by atoms with Crippen LogP contribution in [0.2, 0.25) is 0 Å². The predicted octanol–water partition coefficient (Wildman–Crippen LogP) is 4.66. The van der Waals surface area contributed by atoms with Crippen LogP contribution in [0.25, 0.3) is 17.0 Å². The molecule has 0 saturated heterocycles. The maximum absolute atomic E-state index is 13.0. The van der Waals surface area contributed by atoms with Gasteiger partial charge in [-0.2, -0.15) is 5.26 Å². The molecule has 0 aliphatic carbocycles. The molecule has 0 saturated carbocycles. The molecule has 2 aromatic carbocycles. The minimum absolute atomic E-state index is 0.0180. The second kappa shape index (κ2) is 6.51. The smallest absolute Gasteiger partial charge is 0.203 e. The molecule has 3 nitrogen and oxygen atoms in total. The summed E-state index contributed by atoms with van der Waals surface area (Å²) in [5.41, 5.74) is 3.28. The number of carbonyl (C=O) groups is 1. The van der Waals surface area contributed by atoms with E-state index >= 15 is 0 Å². The molecule has 0 fully saturated rings. The summed E-state index contributed by atoms with van der Waals surface area (Å²) < 4.78 is 13.0. The molecule has 1 heterocycles. The minimum atomic E-state index is -0.419. The first-order valence-corrected chi connectivity index (χ1v) is 7.65. The van der Waals surface area contributed by atoms with Crippen molar-refractivity contribution in [3.63, 3.8) is 0 Å². The number of halogens is 1. The van der Waals surface area contributed by atoms with Gasteiger partial charge in [0.1, 0.15) is 17.5 Å². The number of nitrogens with one attached hydrogen (secondary N) is 1. The van der Waals surface area contributed by atoms with Crippen molar-refractivity contribution >= 4 is 22.8 Å². The van der Waals surface area contributed by atoms with Crippen molar-refractivity contribution in [2.45, 2.75) is 13.3 Å². The maximum atomic E-state index is 13.0. The summed E-state index contributed by atoms with van der Waals surface area (Å²) in [5.74, 6) is -0.837. The van der Waals surface area contributed by atoms with E-state index in [1.807, 2.05) is 24.3 Å². The lowest BCUT2D eigenvalue weighted by molar-refractivity contribution is 0.104. The van der Waals surface area contributed by atoms with Gasteiger partial charge in [0.15, 0.2) is 0 Å². The van der Waals surface area contributed by atoms with E-state index in [4.69, 9.17) is 0 Å². The van der Waals surface area contributed by atoms with Gasteiger partial charge in [0.2, 0.25) is 5.78 Å². The minimum Gasteiger partial charge on any atom is -0.360 e. The quantitative estimate of drug-likeness (QED) is 0.432. The number of aryl methyl sites for hydroxylation is 1. The summed E-state index contributed by atoms with van der Waals surface area (Å²) in [6, 6.07) is 13.1. The zero-order chi connectivity index (χ0) is 17.1. The molecule has 4 heteroatoms. The van der Waals surface area contributed by atoms with Crippen molar-refractivity contribution in [3.8, 4) is 6.07 Å². The fourth-order valence-electron chi connectivity index (χ4n) is 2.71. The maximum Gasteiger partial charge on any atom is 0.203 e. The average Bonchev–Trinajstić information content (AvgIpc) is 3.02. The van der Waals surface area contributed by atoms with Gasteiger partial charge < -0.3 is 4.98 Å². The van der Waals surface area contributed by atoms with E-state index in [0.29, 0.717) is 5.56 Å². The molecule has 0 bridgehead atoms. The van der Waals surface area contributed by atoms with Gasteiger partial charge in [-0.15, -0.1) is 0 Å². The number of hydrogen-bond acceptors (Lipinski definition) is 2. The lowest BCUT2D eigenvalue weighted by atomic mass is 10.0. The molecule has 24 heavy (non-hydrogen) atoms. The first-order chi connectivity index (χ1) is 11.6. The van der Waals surface area contributed by atoms with Gasteiger partial charge in [-0.25, -0.2) is 4.39 Å². The number of benzene rings is 2. The zero-order valence-electron chi connectivity index (χ0n) is 13.1. The fraction of sp³-hybridized carbons (Fsp3) is 0.100. The number of allylic oxidation sites excluding steroid dienone is 1. The Bertz CT molecular complexity index is 975. The van der Waals surface area contributed by atoms with Crippen LogP contribution in [0.4, 0.5) is 4.39 Å². The Balaban J connectivity index is 2.04. The van der Waals surface area contributed by atoms with E-state index in [1.165, 1.54) is 29.8 Å². The number of para-hydroxylation sites is 1. The van der Waals surface area contributed by atoms with Crippen LogP contribution in [-0.2, 0) is 6.42 Å². The summed E-state index contributed by atoms with van der Waals surface area (Å²) >= 11 is 0. The highest BCUT2D eigenvalue weighted by atomic mass is 19.1. The number of aromatic nitrogens is 1. The highest BCUT2D eigenvalue weighted by molar-refractivity contribution is 6.14. The van der Waals surface area contributed by atoms with Crippen molar-refractivity contribution < 1.29 is 9.18 Å². The van der Waals surface area contributed by atoms with E-state index in [2.05, 4.69) is 11.9 Å². The standard InChI is InChI=1S/C20H15FN2O/c1-2-13-4-3-5-18-16(12-23-19(13)18)10-15(11-22)20(24)14-6-8-17(21)9-7-14/h3-10,12,23H,2H2,1H3/b15-10+. The van der Waals surface area contributed by atoms with E-state index < -0.39 is 11.6 Å². The molecular formula is C20H15FN2O. The van der Waals surface area contributed by atoms with Crippen LogP contribution in [0.3, 0.4) is 0 Å². The molecule has 0 unspecified atom stereocenters. The van der Waals surface area contributed by atoms with Gasteiger partial charge in [0, 0.05) is 28.2 Å². The van der Waals surface area contributed by atoms with Crippen molar-refractivity contribution in [2.24, 2.45) is 0 Å². The van der Waals surface area contributed by atoms with Crippen LogP contribution in [0.15, 0.2) is 54.2 Å². The van der Waals surface area contributed by atoms with Crippen molar-refractivity contribution in [3.05, 3.63) is 76.7 Å². The SMILES string of the molecule is CCc1cccc2c(/C=C(\C#N)C(=O)c3ccc(F)cc3)c[nH]c12. The van der Waals surface area contributed by atoms with Gasteiger partial charge in [-0.1, -0.05) is 25.1 Å². The van der Waals surface area contributed by atoms with Crippen LogP contribution < -0.4 is 0 Å². The highest BCUT2D eigenvalue weighted by Crippen LogP contribution is 2.24. The van der Waals surface area contributed by atoms with Crippen LogP contribution >= 0.6 is 0 Å². The Morgan fingerprint density at radius 3 is 2.67 bits per heavy atom. The summed E-state index contributed by atoms with van der Waals surface area (Å²) in [6.45, 7) is 2.07. The molecule has 0 amide bonds. The van der Waals surface area contributed by atoms with Gasteiger partial charge in [-0.3, -0.25) is 4.79 Å². The summed E-state index contributed by atoms with van der Waals surface area (Å²) in [7, 11) is 0. The van der Waals surface area contributed by atoms with Gasteiger partial charge >= 0.3 is 0 Å². The Labute approximate surface area is 139 Å². The van der Waals surface area contributed by atoms with Gasteiger partial charge in [0.25, 0.3) is 0 Å². The number of fused-ring (bicyclic) bond motifs is 1. The third kappa shape index (κ3) is 2.84. The molecule has 0 radical (unpaired) electrons. The van der Waals surface area contributed by atoms with Crippen LogP contribution in [-0.4, -0.2) is 10.8 Å². The highest BCUT2D eigenvalue weighted by Gasteiger charge is 2.14. The number of Topliss-reactive ketones (excluding diaryl/α,β-unsaturated/α-hetero) is 1. The second-order valence-corrected chi connectivity index (χ2v) is 5.44. The van der Waals surface area contributed by atoms with Crippen LogP contribution in [0.1, 0.15) is 28.4 Å². The van der Waals surface area contributed by atoms with Crippen molar-refractivity contribution in [1.29, 1.82) is 5.26 Å². The second-order valence-electron chi connectivity index (χ2n) is 5.44. The number of nitriles is 1. The van der Waals surface area contributed by atoms with Crippen molar-refractivity contribution in [2.75, 3.05) is 0 Å². The summed E-state index contributed by atoms with van der Waals surface area (Å²) in [5, 5.41) is 10.3. The molecule has 118 valence electrons. The first-order valence-electron chi connectivity index (χ1n) is 7.65. The Kier molecular flexibility index (Phi) is 4.26.